The highest BCUT2D eigenvalue weighted by molar-refractivity contribution is 6.03. The zero-order chi connectivity index (χ0) is 18.7. The summed E-state index contributed by atoms with van der Waals surface area (Å²) in [5.74, 6) is -0.483. The minimum absolute atomic E-state index is 0.186. The van der Waals surface area contributed by atoms with Gasteiger partial charge in [0, 0.05) is 5.69 Å². The number of hydrogen-bond donors (Lipinski definition) is 2. The fourth-order valence-corrected chi connectivity index (χ4v) is 2.78. The third kappa shape index (κ3) is 3.83. The van der Waals surface area contributed by atoms with E-state index >= 15 is 0 Å². The topological polar surface area (TPSA) is 91.2 Å². The summed E-state index contributed by atoms with van der Waals surface area (Å²) in [7, 11) is 1.55. The Kier molecular flexibility index (Phi) is 4.90. The van der Waals surface area contributed by atoms with Crippen LogP contribution in [0.3, 0.4) is 0 Å². The molecule has 3 rings (SSSR count). The second-order valence-electron chi connectivity index (χ2n) is 6.32. The van der Waals surface area contributed by atoms with Gasteiger partial charge in [0.05, 0.1) is 36.3 Å². The van der Waals surface area contributed by atoms with Crippen molar-refractivity contribution >= 4 is 23.2 Å². The van der Waals surface area contributed by atoms with Gasteiger partial charge in [0.25, 0.3) is 0 Å². The van der Waals surface area contributed by atoms with E-state index in [1.165, 1.54) is 0 Å². The highest BCUT2D eigenvalue weighted by Gasteiger charge is 2.48. The summed E-state index contributed by atoms with van der Waals surface area (Å²) in [6.45, 7) is 1.93. The molecule has 26 heavy (non-hydrogen) atoms. The number of ether oxygens (including phenoxy) is 1. The molecule has 2 atom stereocenters. The monoisotopic (exact) mass is 349 g/mol. The van der Waals surface area contributed by atoms with Crippen LogP contribution in [0, 0.1) is 30.1 Å². The predicted molar refractivity (Wildman–Crippen MR) is 97.7 cm³/mol. The number of amides is 2. The molecule has 6 nitrogen and oxygen atoms in total. The van der Waals surface area contributed by atoms with Gasteiger partial charge in [0.15, 0.2) is 0 Å². The number of benzene rings is 2. The summed E-state index contributed by atoms with van der Waals surface area (Å²) >= 11 is 0. The number of aryl methyl sites for hydroxylation is 1. The van der Waals surface area contributed by atoms with Crippen LogP contribution in [-0.2, 0) is 9.59 Å². The first kappa shape index (κ1) is 17.5. The number of rotatable bonds is 5. The van der Waals surface area contributed by atoms with Crippen LogP contribution in [0.25, 0.3) is 0 Å². The Morgan fingerprint density at radius 3 is 2.35 bits per heavy atom. The highest BCUT2D eigenvalue weighted by atomic mass is 16.5. The van der Waals surface area contributed by atoms with E-state index < -0.39 is 0 Å². The van der Waals surface area contributed by atoms with Gasteiger partial charge in [-0.15, -0.1) is 0 Å². The van der Waals surface area contributed by atoms with Gasteiger partial charge in [0.1, 0.15) is 5.75 Å². The van der Waals surface area contributed by atoms with Gasteiger partial charge < -0.3 is 15.4 Å². The van der Waals surface area contributed by atoms with E-state index in [0.717, 1.165) is 5.56 Å². The summed E-state index contributed by atoms with van der Waals surface area (Å²) in [5, 5.41) is 14.4. The van der Waals surface area contributed by atoms with Crippen molar-refractivity contribution in [3.63, 3.8) is 0 Å². The maximum Gasteiger partial charge on any atom is 0.228 e. The maximum atomic E-state index is 12.4. The molecule has 0 spiro atoms. The van der Waals surface area contributed by atoms with Crippen LogP contribution in [0.1, 0.15) is 17.5 Å². The number of nitrogens with zero attached hydrogens (tertiary/aromatic N) is 1. The second-order valence-corrected chi connectivity index (χ2v) is 6.32. The van der Waals surface area contributed by atoms with Crippen LogP contribution >= 0.6 is 0 Å². The molecule has 0 aliphatic heterocycles. The lowest BCUT2D eigenvalue weighted by atomic mass is 10.2. The Balaban J connectivity index is 1.59. The molecule has 1 saturated carbocycles. The van der Waals surface area contributed by atoms with E-state index in [1.54, 1.807) is 37.4 Å². The minimum atomic E-state index is -0.349. The molecule has 0 saturated heterocycles. The normalized spacial score (nSPS) is 17.7. The molecule has 2 aromatic carbocycles. The van der Waals surface area contributed by atoms with Crippen molar-refractivity contribution < 1.29 is 14.3 Å². The van der Waals surface area contributed by atoms with Gasteiger partial charge >= 0.3 is 0 Å². The summed E-state index contributed by atoms with van der Waals surface area (Å²) in [6.07, 6.45) is 0.516. The Morgan fingerprint density at radius 1 is 1.08 bits per heavy atom. The number of nitriles is 1. The first-order valence-corrected chi connectivity index (χ1v) is 8.28. The summed E-state index contributed by atoms with van der Waals surface area (Å²) in [4.78, 5) is 24.7. The van der Waals surface area contributed by atoms with Crippen LogP contribution in [0.2, 0.25) is 0 Å². The van der Waals surface area contributed by atoms with E-state index in [1.807, 2.05) is 25.1 Å². The van der Waals surface area contributed by atoms with Crippen LogP contribution in [0.15, 0.2) is 42.5 Å². The maximum absolute atomic E-state index is 12.4. The molecule has 1 fully saturated rings. The number of carbonyl (C=O) groups is 2. The quantitative estimate of drug-likeness (QED) is 0.868. The fraction of sp³-hybridized carbons (Fsp3) is 0.250. The molecule has 0 heterocycles. The molecule has 2 unspecified atom stereocenters. The largest absolute Gasteiger partial charge is 0.495 e. The van der Waals surface area contributed by atoms with Gasteiger partial charge in [-0.25, -0.2) is 0 Å². The van der Waals surface area contributed by atoms with Crippen LogP contribution in [0.5, 0.6) is 5.75 Å². The molecular formula is C20H19N3O3. The summed E-state index contributed by atoms with van der Waals surface area (Å²) in [5.41, 5.74) is 2.75. The lowest BCUT2D eigenvalue weighted by molar-refractivity contribution is -0.122. The van der Waals surface area contributed by atoms with Crippen molar-refractivity contribution in [3.8, 4) is 11.8 Å². The van der Waals surface area contributed by atoms with Gasteiger partial charge in [-0.05, 0) is 55.3 Å². The van der Waals surface area contributed by atoms with Gasteiger partial charge in [-0.2, -0.15) is 5.26 Å². The zero-order valence-corrected chi connectivity index (χ0v) is 14.6. The molecule has 0 radical (unpaired) electrons. The predicted octanol–water partition coefficient (Wildman–Crippen LogP) is 3.09. The highest BCUT2D eigenvalue weighted by Crippen LogP contribution is 2.41. The Hall–Kier alpha value is -3.33. The number of anilines is 2. The van der Waals surface area contributed by atoms with E-state index in [9.17, 15) is 9.59 Å². The van der Waals surface area contributed by atoms with E-state index in [4.69, 9.17) is 10.00 Å². The minimum Gasteiger partial charge on any atom is -0.495 e. The molecule has 1 aliphatic rings. The Labute approximate surface area is 151 Å². The molecule has 2 N–H and O–H groups in total. The van der Waals surface area contributed by atoms with Gasteiger partial charge in [-0.1, -0.05) is 6.07 Å². The number of nitrogens with one attached hydrogen (secondary N) is 2. The van der Waals surface area contributed by atoms with Crippen molar-refractivity contribution in [1.29, 1.82) is 5.26 Å². The van der Waals surface area contributed by atoms with Gasteiger partial charge in [-0.3, -0.25) is 9.59 Å². The van der Waals surface area contributed by atoms with Crippen molar-refractivity contribution in [2.75, 3.05) is 17.7 Å². The lowest BCUT2D eigenvalue weighted by Crippen LogP contribution is -2.20. The first-order valence-electron chi connectivity index (χ1n) is 8.28. The second kappa shape index (κ2) is 7.28. The average Bonchev–Trinajstić information content (AvgIpc) is 3.43. The lowest BCUT2D eigenvalue weighted by Gasteiger charge is -2.11. The zero-order valence-electron chi connectivity index (χ0n) is 14.6. The number of methoxy groups -OCH3 is 1. The molecule has 132 valence electrons. The van der Waals surface area contributed by atoms with Crippen molar-refractivity contribution in [3.05, 3.63) is 53.6 Å². The molecule has 2 aromatic rings. The standard InChI is InChI=1S/C20H19N3O3/c1-12-3-8-18(26-2)17(9-12)23-20(25)16-10-15(16)19(24)22-14-6-4-13(11-21)5-7-14/h3-9,15-16H,10H2,1-2H3,(H,22,24)(H,23,25). The van der Waals surface area contributed by atoms with Crippen LogP contribution < -0.4 is 15.4 Å². The van der Waals surface area contributed by atoms with Crippen molar-refractivity contribution in [1.82, 2.24) is 0 Å². The van der Waals surface area contributed by atoms with E-state index in [0.29, 0.717) is 29.1 Å². The van der Waals surface area contributed by atoms with Gasteiger partial charge in [0.2, 0.25) is 11.8 Å². The molecule has 6 heteroatoms. The fourth-order valence-electron chi connectivity index (χ4n) is 2.78. The van der Waals surface area contributed by atoms with Crippen LogP contribution in [-0.4, -0.2) is 18.9 Å². The Bertz CT molecular complexity index is 884. The number of hydrogen-bond acceptors (Lipinski definition) is 4. The molecule has 1 aliphatic carbocycles. The number of carbonyl (C=O) groups excluding carboxylic acids is 2. The third-order valence-electron chi connectivity index (χ3n) is 4.36. The smallest absolute Gasteiger partial charge is 0.228 e. The molecule has 0 bridgehead atoms. The van der Waals surface area contributed by atoms with E-state index in [-0.39, 0.29) is 23.7 Å². The van der Waals surface area contributed by atoms with Crippen molar-refractivity contribution in [2.45, 2.75) is 13.3 Å². The van der Waals surface area contributed by atoms with E-state index in [2.05, 4.69) is 10.6 Å². The van der Waals surface area contributed by atoms with Crippen LogP contribution in [0.4, 0.5) is 11.4 Å². The summed E-state index contributed by atoms with van der Waals surface area (Å²) < 4.78 is 5.26. The summed E-state index contributed by atoms with van der Waals surface area (Å²) in [6, 6.07) is 14.2. The average molecular weight is 349 g/mol. The molecular weight excluding hydrogens is 330 g/mol. The SMILES string of the molecule is COc1ccc(C)cc1NC(=O)C1CC1C(=O)Nc1ccc(C#N)cc1. The first-order chi connectivity index (χ1) is 12.5. The Morgan fingerprint density at radius 2 is 1.73 bits per heavy atom. The molecule has 2 amide bonds. The molecule has 0 aromatic heterocycles. The van der Waals surface area contributed by atoms with Crippen molar-refractivity contribution in [2.24, 2.45) is 11.8 Å². The third-order valence-corrected chi connectivity index (χ3v) is 4.36.